The maximum Gasteiger partial charge on any atom is 0.0488 e. The second-order valence-electron chi connectivity index (χ2n) is 3.15. The van der Waals surface area contributed by atoms with E-state index in [0.717, 1.165) is 13.1 Å². The predicted octanol–water partition coefficient (Wildman–Crippen LogP) is 3.77. The molecule has 1 heterocycles. The molecule has 0 saturated carbocycles. The van der Waals surface area contributed by atoms with E-state index < -0.39 is 0 Å². The lowest BCUT2D eigenvalue weighted by Crippen LogP contribution is -2.10. The monoisotopic (exact) mass is 269 g/mol. The first-order valence-corrected chi connectivity index (χ1v) is 6.30. The number of benzene rings is 1. The van der Waals surface area contributed by atoms with E-state index in [9.17, 15) is 0 Å². The zero-order valence-corrected chi connectivity index (χ0v) is 10.4. The molecule has 1 nitrogen and oxygen atoms in total. The van der Waals surface area contributed by atoms with Gasteiger partial charge in [0.2, 0.25) is 0 Å². The highest BCUT2D eigenvalue weighted by atomic mass is 79.9. The minimum Gasteiger partial charge on any atom is -0.312 e. The standard InChI is InChI=1S/C11H12BrNS/c1-2-13-7-9-6-8-4-3-5-10(12)11(8)14-9/h3-6,13H,2,7H2,1H3. The topological polar surface area (TPSA) is 12.0 Å². The van der Waals surface area contributed by atoms with E-state index in [1.807, 2.05) is 11.3 Å². The third-order valence-electron chi connectivity index (χ3n) is 2.10. The summed E-state index contributed by atoms with van der Waals surface area (Å²) in [5, 5.41) is 4.67. The van der Waals surface area contributed by atoms with Gasteiger partial charge in [0.25, 0.3) is 0 Å². The van der Waals surface area contributed by atoms with Crippen LogP contribution < -0.4 is 5.32 Å². The Morgan fingerprint density at radius 2 is 2.29 bits per heavy atom. The lowest BCUT2D eigenvalue weighted by molar-refractivity contribution is 0.736. The number of hydrogen-bond acceptors (Lipinski definition) is 2. The summed E-state index contributed by atoms with van der Waals surface area (Å²) in [4.78, 5) is 1.40. The van der Waals surface area contributed by atoms with Crippen LogP contribution in [0.4, 0.5) is 0 Å². The molecule has 1 N–H and O–H groups in total. The Morgan fingerprint density at radius 1 is 1.43 bits per heavy atom. The summed E-state index contributed by atoms with van der Waals surface area (Å²) in [6.07, 6.45) is 0. The van der Waals surface area contributed by atoms with Gasteiger partial charge in [0.05, 0.1) is 0 Å². The van der Waals surface area contributed by atoms with Gasteiger partial charge in [0.15, 0.2) is 0 Å². The minimum atomic E-state index is 0.974. The zero-order chi connectivity index (χ0) is 9.97. The lowest BCUT2D eigenvalue weighted by Gasteiger charge is -1.95. The van der Waals surface area contributed by atoms with Crippen LogP contribution in [0, 0.1) is 0 Å². The Balaban J connectivity index is 2.36. The first-order chi connectivity index (χ1) is 6.81. The van der Waals surface area contributed by atoms with E-state index in [1.54, 1.807) is 0 Å². The van der Waals surface area contributed by atoms with Gasteiger partial charge in [0, 0.05) is 20.6 Å². The molecule has 1 aromatic carbocycles. The summed E-state index contributed by atoms with van der Waals surface area (Å²) in [7, 11) is 0. The molecule has 2 rings (SSSR count). The Hall–Kier alpha value is -0.380. The summed E-state index contributed by atoms with van der Waals surface area (Å²) >= 11 is 5.42. The van der Waals surface area contributed by atoms with Gasteiger partial charge in [-0.2, -0.15) is 0 Å². The molecule has 0 radical (unpaired) electrons. The molecule has 0 spiro atoms. The highest BCUT2D eigenvalue weighted by Crippen LogP contribution is 2.31. The van der Waals surface area contributed by atoms with Crippen molar-refractivity contribution >= 4 is 37.4 Å². The van der Waals surface area contributed by atoms with Crippen LogP contribution in [0.15, 0.2) is 28.7 Å². The number of fused-ring (bicyclic) bond motifs is 1. The molecule has 0 aliphatic rings. The van der Waals surface area contributed by atoms with Crippen LogP contribution in [0.3, 0.4) is 0 Å². The number of halogens is 1. The number of rotatable bonds is 3. The number of nitrogens with one attached hydrogen (secondary N) is 1. The lowest BCUT2D eigenvalue weighted by atomic mass is 10.2. The SMILES string of the molecule is CCNCc1cc2cccc(Br)c2s1. The van der Waals surface area contributed by atoms with Crippen LogP contribution >= 0.6 is 27.3 Å². The van der Waals surface area contributed by atoms with Gasteiger partial charge in [-0.15, -0.1) is 11.3 Å². The third kappa shape index (κ3) is 2.00. The van der Waals surface area contributed by atoms with Crippen molar-refractivity contribution in [3.8, 4) is 0 Å². The Labute approximate surface area is 96.3 Å². The molecule has 1 aromatic heterocycles. The molecule has 0 unspecified atom stereocenters. The summed E-state index contributed by atoms with van der Waals surface area (Å²) < 4.78 is 2.54. The summed E-state index contributed by atoms with van der Waals surface area (Å²) in [5.74, 6) is 0. The van der Waals surface area contributed by atoms with Crippen LogP contribution in [-0.2, 0) is 6.54 Å². The molecular formula is C11H12BrNS. The van der Waals surface area contributed by atoms with Crippen molar-refractivity contribution < 1.29 is 0 Å². The Morgan fingerprint density at radius 3 is 3.00 bits per heavy atom. The van der Waals surface area contributed by atoms with Crippen LogP contribution in [0.1, 0.15) is 11.8 Å². The van der Waals surface area contributed by atoms with E-state index in [1.165, 1.54) is 19.4 Å². The summed E-state index contributed by atoms with van der Waals surface area (Å²) in [5.41, 5.74) is 0. The van der Waals surface area contributed by atoms with E-state index in [-0.39, 0.29) is 0 Å². The van der Waals surface area contributed by atoms with Crippen LogP contribution in [0.5, 0.6) is 0 Å². The fourth-order valence-electron chi connectivity index (χ4n) is 1.42. The Kier molecular flexibility index (Phi) is 3.21. The van der Waals surface area contributed by atoms with Gasteiger partial charge in [0.1, 0.15) is 0 Å². The normalized spacial score (nSPS) is 11.0. The van der Waals surface area contributed by atoms with Crippen molar-refractivity contribution in [1.82, 2.24) is 5.32 Å². The maximum absolute atomic E-state index is 3.57. The molecule has 0 fully saturated rings. The second-order valence-corrected chi connectivity index (χ2v) is 5.14. The van der Waals surface area contributed by atoms with Crippen molar-refractivity contribution in [2.45, 2.75) is 13.5 Å². The van der Waals surface area contributed by atoms with Crippen molar-refractivity contribution in [3.63, 3.8) is 0 Å². The largest absolute Gasteiger partial charge is 0.312 e. The quantitative estimate of drug-likeness (QED) is 0.895. The van der Waals surface area contributed by atoms with Crippen LogP contribution in [-0.4, -0.2) is 6.54 Å². The number of hydrogen-bond donors (Lipinski definition) is 1. The van der Waals surface area contributed by atoms with Gasteiger partial charge >= 0.3 is 0 Å². The predicted molar refractivity (Wildman–Crippen MR) is 66.9 cm³/mol. The average molecular weight is 270 g/mol. The Bertz CT molecular complexity index is 436. The van der Waals surface area contributed by atoms with Gasteiger partial charge in [-0.25, -0.2) is 0 Å². The van der Waals surface area contributed by atoms with Gasteiger partial charge in [-0.3, -0.25) is 0 Å². The first-order valence-electron chi connectivity index (χ1n) is 4.69. The van der Waals surface area contributed by atoms with E-state index in [4.69, 9.17) is 0 Å². The molecule has 14 heavy (non-hydrogen) atoms. The smallest absolute Gasteiger partial charge is 0.0488 e. The van der Waals surface area contributed by atoms with E-state index >= 15 is 0 Å². The highest BCUT2D eigenvalue weighted by Gasteiger charge is 2.03. The summed E-state index contributed by atoms with van der Waals surface area (Å²) in [6, 6.07) is 8.59. The third-order valence-corrected chi connectivity index (χ3v) is 4.20. The molecule has 0 saturated heterocycles. The van der Waals surface area contributed by atoms with Gasteiger partial charge in [-0.1, -0.05) is 19.1 Å². The minimum absolute atomic E-state index is 0.974. The molecular weight excluding hydrogens is 258 g/mol. The second kappa shape index (κ2) is 4.43. The van der Waals surface area contributed by atoms with Crippen LogP contribution in [0.2, 0.25) is 0 Å². The van der Waals surface area contributed by atoms with Crippen LogP contribution in [0.25, 0.3) is 10.1 Å². The van der Waals surface area contributed by atoms with E-state index in [0.29, 0.717) is 0 Å². The van der Waals surface area contributed by atoms with Gasteiger partial charge < -0.3 is 5.32 Å². The van der Waals surface area contributed by atoms with Crippen molar-refractivity contribution in [3.05, 3.63) is 33.6 Å². The molecule has 74 valence electrons. The molecule has 0 amide bonds. The molecule has 0 bridgehead atoms. The first kappa shape index (κ1) is 10.1. The van der Waals surface area contributed by atoms with Crippen molar-refractivity contribution in [2.24, 2.45) is 0 Å². The van der Waals surface area contributed by atoms with Crippen molar-refractivity contribution in [2.75, 3.05) is 6.54 Å². The number of thiophene rings is 1. The summed E-state index contributed by atoms with van der Waals surface area (Å²) in [6.45, 7) is 4.13. The molecule has 0 atom stereocenters. The average Bonchev–Trinajstić information content (AvgIpc) is 2.59. The maximum atomic E-state index is 3.57. The molecule has 0 aliphatic carbocycles. The van der Waals surface area contributed by atoms with Gasteiger partial charge in [-0.05, 0) is 40.0 Å². The molecule has 3 heteroatoms. The highest BCUT2D eigenvalue weighted by molar-refractivity contribution is 9.10. The molecule has 2 aromatic rings. The molecule has 0 aliphatic heterocycles. The fraction of sp³-hybridized carbons (Fsp3) is 0.273. The fourth-order valence-corrected chi connectivity index (χ4v) is 3.07. The van der Waals surface area contributed by atoms with Crippen molar-refractivity contribution in [1.29, 1.82) is 0 Å². The zero-order valence-electron chi connectivity index (χ0n) is 8.01. The van der Waals surface area contributed by atoms with E-state index in [2.05, 4.69) is 52.4 Å².